The average Bonchev–Trinajstić information content (AvgIpc) is 2.35. The average molecular weight is 292 g/mol. The summed E-state index contributed by atoms with van der Waals surface area (Å²) in [6, 6.07) is 0.977. The Morgan fingerprint density at radius 2 is 1.60 bits per heavy atom. The van der Waals surface area contributed by atoms with Gasteiger partial charge in [-0.05, 0) is 57.0 Å². The molecule has 20 heavy (non-hydrogen) atoms. The number of likely N-dealkylation sites (tertiary alicyclic amines) is 1. The van der Waals surface area contributed by atoms with E-state index in [2.05, 4.69) is 19.2 Å². The predicted molar refractivity (Wildman–Crippen MR) is 74.6 cm³/mol. The second-order valence-electron chi connectivity index (χ2n) is 6.80. The third-order valence-electron chi connectivity index (χ3n) is 5.06. The molecule has 1 N–H and O–H groups in total. The van der Waals surface area contributed by atoms with Crippen molar-refractivity contribution in [3.05, 3.63) is 0 Å². The number of alkyl halides is 3. The van der Waals surface area contributed by atoms with Crippen LogP contribution in [0.1, 0.15) is 46.0 Å². The number of nitrogens with zero attached hydrogens (tertiary/aromatic N) is 1. The highest BCUT2D eigenvalue weighted by Gasteiger charge is 2.33. The standard InChI is InChI=1S/C15H27F3N2/c1-11-3-4-14(9-12(11)2)19-13-5-7-20(8-6-13)10-15(16,17)18/h11-14,19H,3-10H2,1-2H3. The zero-order chi connectivity index (χ0) is 14.8. The summed E-state index contributed by atoms with van der Waals surface area (Å²) in [4.78, 5) is 1.53. The van der Waals surface area contributed by atoms with Crippen molar-refractivity contribution in [2.24, 2.45) is 11.8 Å². The minimum Gasteiger partial charge on any atom is -0.311 e. The Balaban J connectivity index is 1.69. The lowest BCUT2D eigenvalue weighted by Gasteiger charge is -2.38. The van der Waals surface area contributed by atoms with Crippen molar-refractivity contribution in [1.82, 2.24) is 10.2 Å². The molecule has 1 aliphatic carbocycles. The van der Waals surface area contributed by atoms with Crippen LogP contribution in [0, 0.1) is 11.8 Å². The van der Waals surface area contributed by atoms with E-state index in [1.54, 1.807) is 0 Å². The molecule has 2 rings (SSSR count). The summed E-state index contributed by atoms with van der Waals surface area (Å²) < 4.78 is 37.0. The number of halogens is 3. The molecule has 1 aliphatic heterocycles. The molecule has 0 radical (unpaired) electrons. The molecule has 0 spiro atoms. The predicted octanol–water partition coefficient (Wildman–Crippen LogP) is 3.43. The Bertz CT molecular complexity index is 298. The quantitative estimate of drug-likeness (QED) is 0.857. The van der Waals surface area contributed by atoms with E-state index in [9.17, 15) is 13.2 Å². The summed E-state index contributed by atoms with van der Waals surface area (Å²) in [7, 11) is 0. The Hall–Kier alpha value is -0.290. The lowest BCUT2D eigenvalue weighted by atomic mass is 9.79. The Morgan fingerprint density at radius 3 is 2.15 bits per heavy atom. The van der Waals surface area contributed by atoms with E-state index in [0.29, 0.717) is 25.2 Å². The third-order valence-corrected chi connectivity index (χ3v) is 5.06. The summed E-state index contributed by atoms with van der Waals surface area (Å²) in [5.74, 6) is 1.56. The van der Waals surface area contributed by atoms with Gasteiger partial charge in [-0.15, -0.1) is 0 Å². The second-order valence-corrected chi connectivity index (χ2v) is 6.80. The maximum atomic E-state index is 12.3. The molecule has 3 unspecified atom stereocenters. The van der Waals surface area contributed by atoms with E-state index in [1.165, 1.54) is 24.2 Å². The van der Waals surface area contributed by atoms with Crippen LogP contribution in [0.25, 0.3) is 0 Å². The number of piperidine rings is 1. The zero-order valence-electron chi connectivity index (χ0n) is 12.5. The highest BCUT2D eigenvalue weighted by atomic mass is 19.4. The molecule has 0 amide bonds. The molecular weight excluding hydrogens is 265 g/mol. The van der Waals surface area contributed by atoms with Crippen molar-refractivity contribution in [3.63, 3.8) is 0 Å². The second kappa shape index (κ2) is 6.65. The largest absolute Gasteiger partial charge is 0.401 e. The lowest BCUT2D eigenvalue weighted by molar-refractivity contribution is -0.148. The van der Waals surface area contributed by atoms with E-state index >= 15 is 0 Å². The maximum absolute atomic E-state index is 12.3. The van der Waals surface area contributed by atoms with Crippen molar-refractivity contribution in [3.8, 4) is 0 Å². The van der Waals surface area contributed by atoms with Gasteiger partial charge >= 0.3 is 6.18 Å². The van der Waals surface area contributed by atoms with Gasteiger partial charge in [-0.25, -0.2) is 0 Å². The van der Waals surface area contributed by atoms with Crippen LogP contribution in [0.15, 0.2) is 0 Å². The van der Waals surface area contributed by atoms with Gasteiger partial charge in [-0.3, -0.25) is 4.90 Å². The fraction of sp³-hybridized carbons (Fsp3) is 1.00. The molecule has 0 bridgehead atoms. The van der Waals surface area contributed by atoms with Gasteiger partial charge < -0.3 is 5.32 Å². The van der Waals surface area contributed by atoms with Gasteiger partial charge in [0.2, 0.25) is 0 Å². The molecule has 2 aliphatic rings. The van der Waals surface area contributed by atoms with Gasteiger partial charge in [0.15, 0.2) is 0 Å². The number of rotatable bonds is 3. The van der Waals surface area contributed by atoms with E-state index in [1.807, 2.05) is 0 Å². The summed E-state index contributed by atoms with van der Waals surface area (Å²) in [6.45, 7) is 5.00. The minimum absolute atomic E-state index is 0.407. The minimum atomic E-state index is -4.06. The molecule has 2 fully saturated rings. The van der Waals surface area contributed by atoms with Gasteiger partial charge in [-0.1, -0.05) is 13.8 Å². The highest BCUT2D eigenvalue weighted by molar-refractivity contribution is 4.85. The SMILES string of the molecule is CC1CCC(NC2CCN(CC(F)(F)F)CC2)CC1C. The Morgan fingerprint density at radius 1 is 0.950 bits per heavy atom. The highest BCUT2D eigenvalue weighted by Crippen LogP contribution is 2.30. The van der Waals surface area contributed by atoms with Gasteiger partial charge in [0.05, 0.1) is 6.54 Å². The number of nitrogens with one attached hydrogen (secondary N) is 1. The monoisotopic (exact) mass is 292 g/mol. The molecule has 3 atom stereocenters. The van der Waals surface area contributed by atoms with Crippen molar-refractivity contribution >= 4 is 0 Å². The Labute approximate surface area is 120 Å². The molecule has 2 nitrogen and oxygen atoms in total. The zero-order valence-corrected chi connectivity index (χ0v) is 12.5. The maximum Gasteiger partial charge on any atom is 0.401 e. The van der Waals surface area contributed by atoms with Gasteiger partial charge in [0.25, 0.3) is 0 Å². The lowest BCUT2D eigenvalue weighted by Crippen LogP contribution is -2.49. The summed E-state index contributed by atoms with van der Waals surface area (Å²) in [5.41, 5.74) is 0. The molecular formula is C15H27F3N2. The first-order valence-corrected chi connectivity index (χ1v) is 7.88. The fourth-order valence-electron chi connectivity index (χ4n) is 3.54. The van der Waals surface area contributed by atoms with E-state index in [4.69, 9.17) is 0 Å². The van der Waals surface area contributed by atoms with Crippen molar-refractivity contribution in [2.75, 3.05) is 19.6 Å². The first-order chi connectivity index (χ1) is 9.33. The molecule has 1 saturated carbocycles. The van der Waals surface area contributed by atoms with Crippen LogP contribution < -0.4 is 5.32 Å². The first-order valence-electron chi connectivity index (χ1n) is 7.88. The van der Waals surface area contributed by atoms with Crippen LogP contribution in [-0.4, -0.2) is 42.8 Å². The van der Waals surface area contributed by atoms with E-state index in [0.717, 1.165) is 24.7 Å². The van der Waals surface area contributed by atoms with Crippen LogP contribution in [0.4, 0.5) is 13.2 Å². The van der Waals surface area contributed by atoms with Crippen LogP contribution in [-0.2, 0) is 0 Å². The molecule has 1 saturated heterocycles. The van der Waals surface area contributed by atoms with Gasteiger partial charge in [-0.2, -0.15) is 13.2 Å². The van der Waals surface area contributed by atoms with Gasteiger partial charge in [0, 0.05) is 12.1 Å². The summed E-state index contributed by atoms with van der Waals surface area (Å²) >= 11 is 0. The molecule has 0 aromatic carbocycles. The Kier molecular flexibility index (Phi) is 5.35. The van der Waals surface area contributed by atoms with Crippen LogP contribution in [0.5, 0.6) is 0 Å². The summed E-state index contributed by atoms with van der Waals surface area (Å²) in [6.07, 6.45) is 1.33. The van der Waals surface area contributed by atoms with E-state index in [-0.39, 0.29) is 0 Å². The van der Waals surface area contributed by atoms with Crippen LogP contribution >= 0.6 is 0 Å². The topological polar surface area (TPSA) is 15.3 Å². The smallest absolute Gasteiger partial charge is 0.311 e. The molecule has 0 aromatic heterocycles. The summed E-state index contributed by atoms with van der Waals surface area (Å²) in [5, 5.41) is 3.68. The third kappa shape index (κ3) is 4.92. The molecule has 0 aromatic rings. The number of hydrogen-bond donors (Lipinski definition) is 1. The normalized spacial score (nSPS) is 34.4. The first kappa shape index (κ1) is 16.1. The number of hydrogen-bond acceptors (Lipinski definition) is 2. The van der Waals surface area contributed by atoms with Crippen molar-refractivity contribution in [1.29, 1.82) is 0 Å². The van der Waals surface area contributed by atoms with Crippen molar-refractivity contribution in [2.45, 2.75) is 64.2 Å². The van der Waals surface area contributed by atoms with Gasteiger partial charge in [0.1, 0.15) is 0 Å². The van der Waals surface area contributed by atoms with E-state index < -0.39 is 12.7 Å². The molecule has 1 heterocycles. The molecule has 5 heteroatoms. The fourth-order valence-corrected chi connectivity index (χ4v) is 3.54. The van der Waals surface area contributed by atoms with Crippen LogP contribution in [0.3, 0.4) is 0 Å². The van der Waals surface area contributed by atoms with Crippen molar-refractivity contribution < 1.29 is 13.2 Å². The molecule has 118 valence electrons. The van der Waals surface area contributed by atoms with Crippen LogP contribution in [0.2, 0.25) is 0 Å².